The zero-order valence-corrected chi connectivity index (χ0v) is 20.3. The Bertz CT molecular complexity index is 912. The molecule has 7 heteroatoms. The first-order valence-electron chi connectivity index (χ1n) is 12.4. The number of methoxy groups -OCH3 is 1. The van der Waals surface area contributed by atoms with Gasteiger partial charge in [0, 0.05) is 44.2 Å². The van der Waals surface area contributed by atoms with Crippen molar-refractivity contribution in [2.75, 3.05) is 33.4 Å². The normalized spacial score (nSPS) is 23.2. The van der Waals surface area contributed by atoms with Crippen LogP contribution in [-0.4, -0.2) is 70.8 Å². The molecule has 0 saturated carbocycles. The number of carbonyl (C=O) groups excluding carboxylic acids is 1. The fraction of sp³-hybridized carbons (Fsp3) is 0.615. The van der Waals surface area contributed by atoms with Crippen LogP contribution in [0.2, 0.25) is 0 Å². The molecule has 0 N–H and O–H groups in total. The Kier molecular flexibility index (Phi) is 8.04. The number of ether oxygens (including phenoxy) is 2. The summed E-state index contributed by atoms with van der Waals surface area (Å²) in [6.45, 7) is 8.35. The number of aromatic nitrogens is 2. The lowest BCUT2D eigenvalue weighted by molar-refractivity contribution is -0.0156. The molecule has 1 saturated heterocycles. The van der Waals surface area contributed by atoms with E-state index in [-0.39, 0.29) is 18.1 Å². The summed E-state index contributed by atoms with van der Waals surface area (Å²) in [7, 11) is 1.77. The first-order chi connectivity index (χ1) is 16.1. The summed E-state index contributed by atoms with van der Waals surface area (Å²) in [4.78, 5) is 22.5. The molecule has 7 nitrogen and oxygen atoms in total. The molecule has 0 radical (unpaired) electrons. The monoisotopic (exact) mass is 454 g/mol. The van der Waals surface area contributed by atoms with Crippen molar-refractivity contribution in [2.45, 2.75) is 70.7 Å². The van der Waals surface area contributed by atoms with Crippen molar-refractivity contribution in [2.24, 2.45) is 0 Å². The first kappa shape index (κ1) is 23.8. The van der Waals surface area contributed by atoms with E-state index in [4.69, 9.17) is 9.47 Å². The molecular formula is C26H38N4O3. The van der Waals surface area contributed by atoms with Gasteiger partial charge in [0.25, 0.3) is 5.91 Å². The molecular weight excluding hydrogens is 416 g/mol. The van der Waals surface area contributed by atoms with Gasteiger partial charge >= 0.3 is 0 Å². The first-order valence-corrected chi connectivity index (χ1v) is 12.4. The number of carbonyl (C=O) groups is 1. The summed E-state index contributed by atoms with van der Waals surface area (Å²) in [5, 5.41) is 0. The van der Waals surface area contributed by atoms with Crippen LogP contribution in [0.25, 0.3) is 0 Å². The summed E-state index contributed by atoms with van der Waals surface area (Å²) in [5.41, 5.74) is 0.696. The third-order valence-electron chi connectivity index (χ3n) is 6.93. The minimum atomic E-state index is 0.0893. The van der Waals surface area contributed by atoms with Crippen molar-refractivity contribution in [3.63, 3.8) is 0 Å². The molecule has 4 rings (SSSR count). The Morgan fingerprint density at radius 3 is 2.85 bits per heavy atom. The average molecular weight is 455 g/mol. The van der Waals surface area contributed by atoms with E-state index in [0.29, 0.717) is 18.2 Å². The van der Waals surface area contributed by atoms with Crippen LogP contribution in [0.3, 0.4) is 0 Å². The summed E-state index contributed by atoms with van der Waals surface area (Å²) in [6.07, 6.45) is 9.14. The van der Waals surface area contributed by atoms with Crippen molar-refractivity contribution in [1.82, 2.24) is 19.4 Å². The van der Waals surface area contributed by atoms with Gasteiger partial charge in [-0.1, -0.05) is 12.5 Å². The van der Waals surface area contributed by atoms with Gasteiger partial charge in [-0.15, -0.1) is 0 Å². The second-order valence-corrected chi connectivity index (χ2v) is 9.47. The topological polar surface area (TPSA) is 59.8 Å². The van der Waals surface area contributed by atoms with E-state index in [9.17, 15) is 4.79 Å². The van der Waals surface area contributed by atoms with Gasteiger partial charge in [-0.3, -0.25) is 9.69 Å². The van der Waals surface area contributed by atoms with Gasteiger partial charge in [-0.25, -0.2) is 4.98 Å². The number of amides is 1. The Morgan fingerprint density at radius 1 is 1.15 bits per heavy atom. The molecule has 180 valence electrons. The quantitative estimate of drug-likeness (QED) is 0.695. The van der Waals surface area contributed by atoms with Gasteiger partial charge in [0.2, 0.25) is 0 Å². The molecule has 1 amide bonds. The average Bonchev–Trinajstić information content (AvgIpc) is 3.29. The number of hydrogen-bond acceptors (Lipinski definition) is 5. The fourth-order valence-corrected chi connectivity index (χ4v) is 5.16. The van der Waals surface area contributed by atoms with Gasteiger partial charge in [-0.05, 0) is 64.3 Å². The van der Waals surface area contributed by atoms with Crippen molar-refractivity contribution in [3.05, 3.63) is 48.0 Å². The summed E-state index contributed by atoms with van der Waals surface area (Å²) in [5.74, 6) is 1.93. The van der Waals surface area contributed by atoms with Crippen LogP contribution in [0.15, 0.2) is 36.7 Å². The predicted molar refractivity (Wildman–Crippen MR) is 129 cm³/mol. The second kappa shape index (κ2) is 11.2. The Labute approximate surface area is 197 Å². The van der Waals surface area contributed by atoms with Crippen LogP contribution in [0.4, 0.5) is 0 Å². The minimum absolute atomic E-state index is 0.0893. The molecule has 2 atom stereocenters. The van der Waals surface area contributed by atoms with Crippen molar-refractivity contribution in [3.8, 4) is 5.75 Å². The van der Waals surface area contributed by atoms with Gasteiger partial charge in [0.1, 0.15) is 18.2 Å². The second-order valence-electron chi connectivity index (χ2n) is 9.47. The molecule has 1 fully saturated rings. The van der Waals surface area contributed by atoms with E-state index in [1.54, 1.807) is 7.11 Å². The SMILES string of the molecule is CO[C@H]1CCCN2C(=O)c3cccc(c3)OCCN(Cc3nccn3C(C)C)CCCC[C@@H]12. The lowest BCUT2D eigenvalue weighted by atomic mass is 9.93. The Balaban J connectivity index is 1.54. The molecule has 1 aromatic heterocycles. The highest BCUT2D eigenvalue weighted by molar-refractivity contribution is 5.95. The van der Waals surface area contributed by atoms with Crippen LogP contribution in [0.1, 0.15) is 68.2 Å². The third kappa shape index (κ3) is 5.76. The number of hydrogen-bond donors (Lipinski definition) is 0. The minimum Gasteiger partial charge on any atom is -0.492 e. The van der Waals surface area contributed by atoms with Gasteiger partial charge in [-0.2, -0.15) is 0 Å². The van der Waals surface area contributed by atoms with Crippen molar-refractivity contribution in [1.29, 1.82) is 0 Å². The Morgan fingerprint density at radius 2 is 2.03 bits per heavy atom. The van der Waals surface area contributed by atoms with E-state index in [0.717, 1.165) is 69.9 Å². The number of fused-ring (bicyclic) bond motifs is 3. The zero-order chi connectivity index (χ0) is 23.2. The summed E-state index contributed by atoms with van der Waals surface area (Å²) < 4.78 is 14.1. The molecule has 0 aliphatic carbocycles. The zero-order valence-electron chi connectivity index (χ0n) is 20.3. The standard InChI is InChI=1S/C26H38N4O3/c1-20(2)29-15-12-27-25(29)19-28-13-5-4-10-23-24(32-3)11-7-14-30(23)26(31)21-8-6-9-22(18-21)33-17-16-28/h6,8-9,12,15,18,20,23-24H,4-5,7,10-11,13-14,16-17,19H2,1-3H3/t23-,24-/m0/s1. The van der Waals surface area contributed by atoms with E-state index in [1.807, 2.05) is 35.4 Å². The smallest absolute Gasteiger partial charge is 0.254 e. The number of imidazole rings is 1. The molecule has 33 heavy (non-hydrogen) atoms. The molecule has 2 aliphatic heterocycles. The van der Waals surface area contributed by atoms with Crippen LogP contribution in [0, 0.1) is 0 Å². The van der Waals surface area contributed by atoms with Crippen LogP contribution < -0.4 is 4.74 Å². The highest BCUT2D eigenvalue weighted by atomic mass is 16.5. The maximum Gasteiger partial charge on any atom is 0.254 e. The molecule has 2 aliphatic rings. The predicted octanol–water partition coefficient (Wildman–Crippen LogP) is 4.15. The third-order valence-corrected chi connectivity index (χ3v) is 6.93. The molecule has 1 aromatic carbocycles. The number of benzene rings is 1. The van der Waals surface area contributed by atoms with Gasteiger partial charge in [0.05, 0.1) is 18.7 Å². The van der Waals surface area contributed by atoms with E-state index in [2.05, 4.69) is 34.5 Å². The van der Waals surface area contributed by atoms with E-state index in [1.165, 1.54) is 0 Å². The van der Waals surface area contributed by atoms with Crippen molar-refractivity contribution >= 4 is 5.91 Å². The number of rotatable bonds is 4. The van der Waals surface area contributed by atoms with Gasteiger partial charge < -0.3 is 18.9 Å². The number of nitrogens with zero attached hydrogens (tertiary/aromatic N) is 4. The van der Waals surface area contributed by atoms with E-state index < -0.39 is 0 Å². The van der Waals surface area contributed by atoms with Crippen LogP contribution >= 0.6 is 0 Å². The van der Waals surface area contributed by atoms with Crippen molar-refractivity contribution < 1.29 is 14.3 Å². The molecule has 0 spiro atoms. The highest BCUT2D eigenvalue weighted by Crippen LogP contribution is 2.27. The maximum atomic E-state index is 13.4. The van der Waals surface area contributed by atoms with Gasteiger partial charge in [0.15, 0.2) is 0 Å². The summed E-state index contributed by atoms with van der Waals surface area (Å²) in [6, 6.07) is 8.14. The molecule has 2 aromatic rings. The maximum absolute atomic E-state index is 13.4. The molecule has 3 heterocycles. The molecule has 0 unspecified atom stereocenters. The van der Waals surface area contributed by atoms with Crippen LogP contribution in [0.5, 0.6) is 5.75 Å². The van der Waals surface area contributed by atoms with E-state index >= 15 is 0 Å². The lowest BCUT2D eigenvalue weighted by Crippen LogP contribution is -2.51. The lowest BCUT2D eigenvalue weighted by Gasteiger charge is -2.41. The largest absolute Gasteiger partial charge is 0.492 e. The summed E-state index contributed by atoms with van der Waals surface area (Å²) >= 11 is 0. The highest BCUT2D eigenvalue weighted by Gasteiger charge is 2.34. The molecule has 2 bridgehead atoms. The number of piperidine rings is 1. The van der Waals surface area contributed by atoms with Crippen LogP contribution in [-0.2, 0) is 11.3 Å². The fourth-order valence-electron chi connectivity index (χ4n) is 5.16. The Hall–Kier alpha value is -2.38.